The van der Waals surface area contributed by atoms with E-state index in [0.29, 0.717) is 18.0 Å². The lowest BCUT2D eigenvalue weighted by Gasteiger charge is -2.06. The second-order valence-corrected chi connectivity index (χ2v) is 5.64. The monoisotopic (exact) mass is 294 g/mol. The molecule has 2 aromatic carbocycles. The molecule has 4 nitrogen and oxygen atoms in total. The van der Waals surface area contributed by atoms with E-state index in [1.54, 1.807) is 18.2 Å². The molecule has 0 radical (unpaired) electrons. The van der Waals surface area contributed by atoms with Crippen molar-refractivity contribution in [3.63, 3.8) is 0 Å². The standard InChI is InChI=1S/C18H18N2O2/c19-17(21)14-8-4-5-12(9-14)11-20-18(22)16-10-15(16)13-6-2-1-3-7-13/h1-9,15-16H,10-11H2,(H2,19,21)(H,20,22)/t15-,16+/m1/s1. The van der Waals surface area contributed by atoms with E-state index in [9.17, 15) is 9.59 Å². The van der Waals surface area contributed by atoms with E-state index in [1.165, 1.54) is 5.56 Å². The first-order valence-corrected chi connectivity index (χ1v) is 7.36. The summed E-state index contributed by atoms with van der Waals surface area (Å²) in [6.07, 6.45) is 0.900. The smallest absolute Gasteiger partial charge is 0.248 e. The van der Waals surface area contributed by atoms with E-state index in [-0.39, 0.29) is 11.8 Å². The molecule has 0 spiro atoms. The van der Waals surface area contributed by atoms with Gasteiger partial charge in [-0.05, 0) is 35.6 Å². The van der Waals surface area contributed by atoms with E-state index >= 15 is 0 Å². The third-order valence-electron chi connectivity index (χ3n) is 4.03. The zero-order valence-corrected chi connectivity index (χ0v) is 12.2. The Morgan fingerprint density at radius 2 is 1.86 bits per heavy atom. The van der Waals surface area contributed by atoms with Gasteiger partial charge in [-0.15, -0.1) is 0 Å². The van der Waals surface area contributed by atoms with E-state index in [0.717, 1.165) is 12.0 Å². The van der Waals surface area contributed by atoms with E-state index in [4.69, 9.17) is 5.73 Å². The third kappa shape index (κ3) is 3.17. The van der Waals surface area contributed by atoms with Crippen LogP contribution in [-0.2, 0) is 11.3 Å². The predicted molar refractivity (Wildman–Crippen MR) is 84.1 cm³/mol. The maximum atomic E-state index is 12.2. The molecule has 4 heteroatoms. The van der Waals surface area contributed by atoms with Crippen molar-refractivity contribution < 1.29 is 9.59 Å². The van der Waals surface area contributed by atoms with Crippen molar-refractivity contribution in [2.45, 2.75) is 18.9 Å². The number of amides is 2. The van der Waals surface area contributed by atoms with Crippen LogP contribution in [0.3, 0.4) is 0 Å². The number of nitrogens with two attached hydrogens (primary N) is 1. The fraction of sp³-hybridized carbons (Fsp3) is 0.222. The second-order valence-electron chi connectivity index (χ2n) is 5.64. The van der Waals surface area contributed by atoms with Crippen molar-refractivity contribution in [3.05, 3.63) is 71.3 Å². The van der Waals surface area contributed by atoms with Gasteiger partial charge in [-0.1, -0.05) is 42.5 Å². The molecule has 0 aliphatic heterocycles. The fourth-order valence-electron chi connectivity index (χ4n) is 2.71. The minimum atomic E-state index is -0.459. The van der Waals surface area contributed by atoms with Crippen LogP contribution in [0, 0.1) is 5.92 Å². The minimum absolute atomic E-state index is 0.0572. The van der Waals surface area contributed by atoms with Gasteiger partial charge in [0.25, 0.3) is 0 Å². The van der Waals surface area contributed by atoms with E-state index < -0.39 is 5.91 Å². The molecule has 1 aliphatic carbocycles. The highest BCUT2D eigenvalue weighted by Crippen LogP contribution is 2.47. The Hall–Kier alpha value is -2.62. The SMILES string of the molecule is NC(=O)c1cccc(CNC(=O)[C@H]2C[C@@H]2c2ccccc2)c1. The second kappa shape index (κ2) is 6.02. The summed E-state index contributed by atoms with van der Waals surface area (Å²) < 4.78 is 0. The lowest BCUT2D eigenvalue weighted by Crippen LogP contribution is -2.25. The van der Waals surface area contributed by atoms with Gasteiger partial charge in [-0.2, -0.15) is 0 Å². The van der Waals surface area contributed by atoms with Crippen LogP contribution < -0.4 is 11.1 Å². The van der Waals surface area contributed by atoms with Crippen molar-refractivity contribution in [1.29, 1.82) is 0 Å². The van der Waals surface area contributed by atoms with E-state index in [1.807, 2.05) is 24.3 Å². The van der Waals surface area contributed by atoms with Gasteiger partial charge in [-0.3, -0.25) is 9.59 Å². The van der Waals surface area contributed by atoms with Crippen LogP contribution >= 0.6 is 0 Å². The summed E-state index contributed by atoms with van der Waals surface area (Å²) in [5.41, 5.74) is 7.81. The Morgan fingerprint density at radius 1 is 1.09 bits per heavy atom. The number of rotatable bonds is 5. The first-order chi connectivity index (χ1) is 10.6. The summed E-state index contributed by atoms with van der Waals surface area (Å²) in [5, 5.41) is 2.94. The topological polar surface area (TPSA) is 72.2 Å². The summed E-state index contributed by atoms with van der Waals surface area (Å²) >= 11 is 0. The highest BCUT2D eigenvalue weighted by molar-refractivity contribution is 5.92. The van der Waals surface area contributed by atoms with Crippen LogP contribution in [-0.4, -0.2) is 11.8 Å². The summed E-state index contributed by atoms with van der Waals surface area (Å²) in [6.45, 7) is 0.415. The van der Waals surface area contributed by atoms with Crippen LogP contribution in [0.25, 0.3) is 0 Å². The van der Waals surface area contributed by atoms with Crippen LogP contribution in [0.1, 0.15) is 33.8 Å². The number of primary amides is 1. The molecule has 3 N–H and O–H groups in total. The number of hydrogen-bond donors (Lipinski definition) is 2. The number of nitrogens with one attached hydrogen (secondary N) is 1. The summed E-state index contributed by atoms with van der Waals surface area (Å²) in [5.74, 6) is -0.00211. The molecule has 112 valence electrons. The molecule has 0 heterocycles. The molecule has 0 bridgehead atoms. The van der Waals surface area contributed by atoms with Crippen LogP contribution in [0.2, 0.25) is 0 Å². The minimum Gasteiger partial charge on any atom is -0.366 e. The largest absolute Gasteiger partial charge is 0.366 e. The normalized spacial score (nSPS) is 19.5. The molecular formula is C18H18N2O2. The Morgan fingerprint density at radius 3 is 2.59 bits per heavy atom. The van der Waals surface area contributed by atoms with Crippen LogP contribution in [0.15, 0.2) is 54.6 Å². The molecule has 1 saturated carbocycles. The quantitative estimate of drug-likeness (QED) is 0.887. The predicted octanol–water partition coefficient (Wildman–Crippen LogP) is 2.21. The van der Waals surface area contributed by atoms with Gasteiger partial charge in [0.1, 0.15) is 0 Å². The van der Waals surface area contributed by atoms with Gasteiger partial charge in [0.2, 0.25) is 11.8 Å². The summed E-state index contributed by atoms with van der Waals surface area (Å²) in [4.78, 5) is 23.3. The Labute approximate surface area is 129 Å². The van der Waals surface area contributed by atoms with Crippen LogP contribution in [0.5, 0.6) is 0 Å². The van der Waals surface area contributed by atoms with Gasteiger partial charge in [-0.25, -0.2) is 0 Å². The number of hydrogen-bond acceptors (Lipinski definition) is 2. The molecule has 2 aromatic rings. The van der Waals surface area contributed by atoms with Crippen molar-refractivity contribution >= 4 is 11.8 Å². The Kier molecular flexibility index (Phi) is 3.92. The molecule has 2 atom stereocenters. The fourth-order valence-corrected chi connectivity index (χ4v) is 2.71. The molecule has 1 fully saturated rings. The van der Waals surface area contributed by atoms with Crippen molar-refractivity contribution in [2.75, 3.05) is 0 Å². The molecule has 3 rings (SSSR count). The zero-order chi connectivity index (χ0) is 15.5. The van der Waals surface area contributed by atoms with Crippen molar-refractivity contribution in [3.8, 4) is 0 Å². The summed E-state index contributed by atoms with van der Waals surface area (Å²) in [7, 11) is 0. The number of benzene rings is 2. The van der Waals surface area contributed by atoms with Gasteiger partial charge in [0.15, 0.2) is 0 Å². The first kappa shape index (κ1) is 14.3. The number of carbonyl (C=O) groups excluding carboxylic acids is 2. The summed E-state index contributed by atoms with van der Waals surface area (Å²) in [6, 6.07) is 17.1. The zero-order valence-electron chi connectivity index (χ0n) is 12.2. The van der Waals surface area contributed by atoms with Crippen LogP contribution in [0.4, 0.5) is 0 Å². The lowest BCUT2D eigenvalue weighted by atomic mass is 10.1. The molecule has 2 amide bonds. The molecule has 0 unspecified atom stereocenters. The molecule has 1 aliphatic rings. The van der Waals surface area contributed by atoms with Gasteiger partial charge in [0, 0.05) is 18.0 Å². The highest BCUT2D eigenvalue weighted by atomic mass is 16.2. The van der Waals surface area contributed by atoms with Gasteiger partial charge < -0.3 is 11.1 Å². The molecule has 0 aromatic heterocycles. The van der Waals surface area contributed by atoms with Crippen molar-refractivity contribution in [1.82, 2.24) is 5.32 Å². The van der Waals surface area contributed by atoms with Gasteiger partial charge >= 0.3 is 0 Å². The average Bonchev–Trinajstić information content (AvgIpc) is 3.34. The molecule has 0 saturated heterocycles. The third-order valence-corrected chi connectivity index (χ3v) is 4.03. The average molecular weight is 294 g/mol. The molecule has 22 heavy (non-hydrogen) atoms. The Balaban J connectivity index is 1.56. The lowest BCUT2D eigenvalue weighted by molar-refractivity contribution is -0.122. The molecular weight excluding hydrogens is 276 g/mol. The number of carbonyl (C=O) groups is 2. The van der Waals surface area contributed by atoms with Gasteiger partial charge in [0.05, 0.1) is 0 Å². The Bertz CT molecular complexity index is 697. The maximum Gasteiger partial charge on any atom is 0.248 e. The first-order valence-electron chi connectivity index (χ1n) is 7.36. The van der Waals surface area contributed by atoms with Crippen molar-refractivity contribution in [2.24, 2.45) is 11.7 Å². The van der Waals surface area contributed by atoms with E-state index in [2.05, 4.69) is 17.4 Å². The highest BCUT2D eigenvalue weighted by Gasteiger charge is 2.43. The maximum absolute atomic E-state index is 12.2.